The highest BCUT2D eigenvalue weighted by molar-refractivity contribution is 7.84. The monoisotopic (exact) mass is 349 g/mol. The van der Waals surface area contributed by atoms with Gasteiger partial charge in [-0.1, -0.05) is 35.9 Å². The van der Waals surface area contributed by atoms with Crippen LogP contribution in [-0.4, -0.2) is 28.3 Å². The molecule has 122 valence electrons. The van der Waals surface area contributed by atoms with Crippen LogP contribution in [0.15, 0.2) is 53.4 Å². The maximum Gasteiger partial charge on any atom is 0.222 e. The average Bonchev–Trinajstić information content (AvgIpc) is 2.54. The molecule has 0 N–H and O–H groups in total. The lowest BCUT2D eigenvalue weighted by atomic mass is 10.1. The van der Waals surface area contributed by atoms with Gasteiger partial charge in [0, 0.05) is 47.0 Å². The molecule has 0 unspecified atom stereocenters. The number of amides is 1. The molecule has 5 heteroatoms. The van der Waals surface area contributed by atoms with Gasteiger partial charge in [-0.25, -0.2) is 0 Å². The minimum atomic E-state index is -0.975. The van der Waals surface area contributed by atoms with Gasteiger partial charge in [-0.15, -0.1) is 0 Å². The summed E-state index contributed by atoms with van der Waals surface area (Å²) < 4.78 is 11.4. The van der Waals surface area contributed by atoms with Crippen molar-refractivity contribution < 1.29 is 9.00 Å². The van der Waals surface area contributed by atoms with E-state index in [-0.39, 0.29) is 5.91 Å². The Labute approximate surface area is 144 Å². The van der Waals surface area contributed by atoms with Gasteiger partial charge in [-0.3, -0.25) is 9.00 Å². The van der Waals surface area contributed by atoms with Crippen LogP contribution in [0.1, 0.15) is 17.5 Å². The molecule has 0 aliphatic heterocycles. The number of aryl methyl sites for hydroxylation is 1. The van der Waals surface area contributed by atoms with Crippen molar-refractivity contribution in [2.24, 2.45) is 0 Å². The second-order valence-electron chi connectivity index (χ2n) is 5.47. The van der Waals surface area contributed by atoms with Crippen LogP contribution in [0.3, 0.4) is 0 Å². The van der Waals surface area contributed by atoms with Gasteiger partial charge < -0.3 is 4.90 Å². The number of hydrogen-bond donors (Lipinski definition) is 0. The van der Waals surface area contributed by atoms with E-state index >= 15 is 0 Å². The highest BCUT2D eigenvalue weighted by Crippen LogP contribution is 2.13. The summed E-state index contributed by atoms with van der Waals surface area (Å²) >= 11 is 5.85. The molecule has 2 rings (SSSR count). The van der Waals surface area contributed by atoms with Crippen LogP contribution < -0.4 is 0 Å². The lowest BCUT2D eigenvalue weighted by Gasteiger charge is -2.17. The first-order valence-electron chi connectivity index (χ1n) is 7.36. The predicted molar refractivity (Wildman–Crippen MR) is 95.0 cm³/mol. The summed E-state index contributed by atoms with van der Waals surface area (Å²) in [5, 5.41) is 0.702. The van der Waals surface area contributed by atoms with E-state index in [0.717, 1.165) is 16.0 Å². The molecule has 0 heterocycles. The molecule has 2 aromatic rings. The number of hydrogen-bond acceptors (Lipinski definition) is 2. The zero-order chi connectivity index (χ0) is 16.8. The van der Waals surface area contributed by atoms with Crippen molar-refractivity contribution in [2.45, 2.75) is 24.3 Å². The molecule has 0 saturated heterocycles. The molecule has 0 aliphatic carbocycles. The Hall–Kier alpha value is -1.65. The summed E-state index contributed by atoms with van der Waals surface area (Å²) in [5.41, 5.74) is 2.13. The van der Waals surface area contributed by atoms with Crippen molar-refractivity contribution in [3.8, 4) is 0 Å². The molecule has 0 fully saturated rings. The quantitative estimate of drug-likeness (QED) is 0.798. The summed E-state index contributed by atoms with van der Waals surface area (Å²) in [4.78, 5) is 14.7. The fraction of sp³-hybridized carbons (Fsp3) is 0.278. The van der Waals surface area contributed by atoms with Gasteiger partial charge in [0.1, 0.15) is 0 Å². The van der Waals surface area contributed by atoms with Gasteiger partial charge >= 0.3 is 0 Å². The molecule has 1 atom stereocenters. The van der Waals surface area contributed by atoms with Crippen molar-refractivity contribution in [3.63, 3.8) is 0 Å². The minimum Gasteiger partial charge on any atom is -0.341 e. The zero-order valence-electron chi connectivity index (χ0n) is 13.3. The van der Waals surface area contributed by atoms with Gasteiger partial charge in [0.2, 0.25) is 5.91 Å². The van der Waals surface area contributed by atoms with E-state index in [4.69, 9.17) is 11.6 Å². The lowest BCUT2D eigenvalue weighted by molar-refractivity contribution is -0.130. The number of benzene rings is 2. The van der Waals surface area contributed by atoms with Crippen LogP contribution in [0.25, 0.3) is 0 Å². The number of rotatable bonds is 6. The van der Waals surface area contributed by atoms with E-state index in [1.54, 1.807) is 18.2 Å². The smallest absolute Gasteiger partial charge is 0.222 e. The maximum atomic E-state index is 12.2. The molecular formula is C18H20ClNO2S. The van der Waals surface area contributed by atoms with E-state index in [1.165, 1.54) is 0 Å². The molecule has 23 heavy (non-hydrogen) atoms. The summed E-state index contributed by atoms with van der Waals surface area (Å²) in [6.45, 7) is 0.552. The molecular weight excluding hydrogens is 330 g/mol. The molecule has 0 bridgehead atoms. The second kappa shape index (κ2) is 8.27. The van der Waals surface area contributed by atoms with E-state index < -0.39 is 10.8 Å². The first kappa shape index (κ1) is 17.7. The van der Waals surface area contributed by atoms with Gasteiger partial charge in [-0.05, 0) is 41.8 Å². The van der Waals surface area contributed by atoms with Crippen LogP contribution in [0.2, 0.25) is 5.02 Å². The zero-order valence-corrected chi connectivity index (χ0v) is 14.9. The molecule has 1 amide bonds. The summed E-state index contributed by atoms with van der Waals surface area (Å²) in [5.74, 6) is 0.100. The average molecular weight is 350 g/mol. The van der Waals surface area contributed by atoms with Crippen LogP contribution in [0.5, 0.6) is 0 Å². The van der Waals surface area contributed by atoms with Crippen molar-refractivity contribution in [2.75, 3.05) is 13.3 Å². The topological polar surface area (TPSA) is 37.4 Å². The third kappa shape index (κ3) is 5.48. The van der Waals surface area contributed by atoms with Gasteiger partial charge in [0.05, 0.1) is 0 Å². The molecule has 0 aromatic heterocycles. The Morgan fingerprint density at radius 3 is 2.17 bits per heavy atom. The standard InChI is InChI=1S/C18H20ClNO2S/c1-20(13-15-5-10-17(11-6-15)23(2)22)18(21)12-7-14-3-8-16(19)9-4-14/h3-6,8-11H,7,12-13H2,1-2H3/t23-/m1/s1. The Bertz CT molecular complexity index is 683. The Morgan fingerprint density at radius 1 is 1.04 bits per heavy atom. The molecule has 0 aliphatic rings. The van der Waals surface area contributed by atoms with E-state index in [9.17, 15) is 9.00 Å². The predicted octanol–water partition coefficient (Wildman–Crippen LogP) is 3.67. The number of nitrogens with zero attached hydrogens (tertiary/aromatic N) is 1. The third-order valence-electron chi connectivity index (χ3n) is 3.64. The van der Waals surface area contributed by atoms with Crippen molar-refractivity contribution >= 4 is 28.3 Å². The normalized spacial score (nSPS) is 12.0. The van der Waals surface area contributed by atoms with Crippen LogP contribution in [-0.2, 0) is 28.6 Å². The van der Waals surface area contributed by atoms with Crippen LogP contribution in [0, 0.1) is 0 Å². The van der Waals surface area contributed by atoms with Crippen LogP contribution in [0.4, 0.5) is 0 Å². The Morgan fingerprint density at radius 2 is 1.61 bits per heavy atom. The van der Waals surface area contributed by atoms with Gasteiger partial charge in [0.25, 0.3) is 0 Å². The largest absolute Gasteiger partial charge is 0.341 e. The van der Waals surface area contributed by atoms with Crippen molar-refractivity contribution in [3.05, 3.63) is 64.7 Å². The number of halogens is 1. The maximum absolute atomic E-state index is 12.2. The SMILES string of the molecule is CN(Cc1ccc([S@@](C)=O)cc1)C(=O)CCc1ccc(Cl)cc1. The first-order chi connectivity index (χ1) is 11.0. The van der Waals surface area contributed by atoms with E-state index in [0.29, 0.717) is 24.4 Å². The fourth-order valence-electron chi connectivity index (χ4n) is 2.24. The number of carbonyl (C=O) groups is 1. The Kier molecular flexibility index (Phi) is 6.37. The molecule has 2 aromatic carbocycles. The molecule has 0 saturated carbocycles. The summed E-state index contributed by atoms with van der Waals surface area (Å²) in [6.07, 6.45) is 2.82. The first-order valence-corrected chi connectivity index (χ1v) is 9.30. The van der Waals surface area contributed by atoms with Crippen LogP contribution >= 0.6 is 11.6 Å². The fourth-order valence-corrected chi connectivity index (χ4v) is 2.89. The summed E-state index contributed by atoms with van der Waals surface area (Å²) in [6, 6.07) is 15.1. The second-order valence-corrected chi connectivity index (χ2v) is 7.29. The van der Waals surface area contributed by atoms with Crippen molar-refractivity contribution in [1.29, 1.82) is 0 Å². The van der Waals surface area contributed by atoms with Gasteiger partial charge in [0.15, 0.2) is 0 Å². The summed E-state index contributed by atoms with van der Waals surface area (Å²) in [7, 11) is 0.827. The highest BCUT2D eigenvalue weighted by atomic mass is 35.5. The van der Waals surface area contributed by atoms with Crippen molar-refractivity contribution in [1.82, 2.24) is 4.90 Å². The molecule has 0 spiro atoms. The Balaban J connectivity index is 1.86. The third-order valence-corrected chi connectivity index (χ3v) is 4.83. The van der Waals surface area contributed by atoms with E-state index in [1.807, 2.05) is 48.5 Å². The lowest BCUT2D eigenvalue weighted by Crippen LogP contribution is -2.26. The van der Waals surface area contributed by atoms with E-state index in [2.05, 4.69) is 0 Å². The molecule has 0 radical (unpaired) electrons. The number of carbonyl (C=O) groups excluding carboxylic acids is 1. The van der Waals surface area contributed by atoms with Gasteiger partial charge in [-0.2, -0.15) is 0 Å². The minimum absolute atomic E-state index is 0.100. The molecule has 3 nitrogen and oxygen atoms in total. The highest BCUT2D eigenvalue weighted by Gasteiger charge is 2.10.